The summed E-state index contributed by atoms with van der Waals surface area (Å²) in [6.07, 6.45) is 2.18. The monoisotopic (exact) mass is 249 g/mol. The van der Waals surface area contributed by atoms with Crippen LogP contribution in [0.4, 0.5) is 0 Å². The number of nitrogens with two attached hydrogens (primary N) is 1. The molecule has 0 aliphatic heterocycles. The van der Waals surface area contributed by atoms with Crippen molar-refractivity contribution in [1.82, 2.24) is 0 Å². The fourth-order valence-electron chi connectivity index (χ4n) is 2.26. The Morgan fingerprint density at radius 1 is 1.06 bits per heavy atom. The van der Waals surface area contributed by atoms with Gasteiger partial charge < -0.3 is 5.73 Å². The molecule has 2 heteroatoms. The third-order valence-corrected chi connectivity index (χ3v) is 3.17. The van der Waals surface area contributed by atoms with Gasteiger partial charge in [-0.1, -0.05) is 49.7 Å². The molecule has 0 bridgehead atoms. The summed E-state index contributed by atoms with van der Waals surface area (Å²) in [5.74, 6) is 0. The summed E-state index contributed by atoms with van der Waals surface area (Å²) in [7, 11) is 0. The smallest absolute Gasteiger partial charge is 0.0300 e. The topological polar surface area (TPSA) is 26.0 Å². The zero-order chi connectivity index (χ0) is 11.5. The molecule has 0 saturated heterocycles. The summed E-state index contributed by atoms with van der Waals surface area (Å²) in [4.78, 5) is 0. The van der Waals surface area contributed by atoms with Crippen LogP contribution in [0.15, 0.2) is 36.4 Å². The molecule has 2 N–H and O–H groups in total. The Balaban J connectivity index is 0.00000144. The number of hydrogen-bond donors (Lipinski definition) is 1. The Bertz CT molecular complexity index is 493. The van der Waals surface area contributed by atoms with E-state index < -0.39 is 0 Å². The molecular formula is C15H20ClN. The molecule has 1 nitrogen and oxygen atoms in total. The van der Waals surface area contributed by atoms with Crippen molar-refractivity contribution in [2.75, 3.05) is 0 Å². The van der Waals surface area contributed by atoms with Gasteiger partial charge in [0.15, 0.2) is 0 Å². The van der Waals surface area contributed by atoms with Crippen molar-refractivity contribution in [3.63, 3.8) is 0 Å². The van der Waals surface area contributed by atoms with Crippen molar-refractivity contribution >= 4 is 23.2 Å². The molecule has 2 aromatic carbocycles. The van der Waals surface area contributed by atoms with Gasteiger partial charge in [-0.25, -0.2) is 0 Å². The number of fused-ring (bicyclic) bond motifs is 1. The van der Waals surface area contributed by atoms with E-state index in [0.717, 1.165) is 12.8 Å². The molecule has 0 aliphatic rings. The molecule has 0 radical (unpaired) electrons. The molecule has 2 aromatic rings. The summed E-state index contributed by atoms with van der Waals surface area (Å²) in [5.41, 5.74) is 8.82. The predicted octanol–water partition coefficient (Wildman–Crippen LogP) is 4.37. The predicted molar refractivity (Wildman–Crippen MR) is 77.8 cm³/mol. The highest BCUT2D eigenvalue weighted by molar-refractivity contribution is 5.88. The van der Waals surface area contributed by atoms with Crippen LogP contribution in [0.3, 0.4) is 0 Å². The van der Waals surface area contributed by atoms with E-state index in [2.05, 4.69) is 50.2 Å². The average Bonchev–Trinajstić information content (AvgIpc) is 2.30. The lowest BCUT2D eigenvalue weighted by atomic mass is 9.94. The number of rotatable bonds is 3. The maximum atomic E-state index is 6.22. The third kappa shape index (κ3) is 2.80. The first-order valence-electron chi connectivity index (χ1n) is 5.98. The molecule has 0 unspecified atom stereocenters. The highest BCUT2D eigenvalue weighted by Gasteiger charge is 2.09. The lowest BCUT2D eigenvalue weighted by Crippen LogP contribution is -2.10. The lowest BCUT2D eigenvalue weighted by Gasteiger charge is -2.15. The van der Waals surface area contributed by atoms with Gasteiger partial charge in [0.1, 0.15) is 0 Å². The Morgan fingerprint density at radius 2 is 1.71 bits per heavy atom. The van der Waals surface area contributed by atoms with Crippen molar-refractivity contribution in [2.45, 2.75) is 32.7 Å². The van der Waals surface area contributed by atoms with Gasteiger partial charge in [0.2, 0.25) is 0 Å². The summed E-state index contributed by atoms with van der Waals surface area (Å²) in [6, 6.07) is 13.0. The van der Waals surface area contributed by atoms with E-state index >= 15 is 0 Å². The van der Waals surface area contributed by atoms with Crippen LogP contribution in [0, 0.1) is 6.92 Å². The molecule has 17 heavy (non-hydrogen) atoms. The van der Waals surface area contributed by atoms with Crippen molar-refractivity contribution in [3.8, 4) is 0 Å². The van der Waals surface area contributed by atoms with Crippen molar-refractivity contribution in [1.29, 1.82) is 0 Å². The summed E-state index contributed by atoms with van der Waals surface area (Å²) in [5, 5.41) is 2.63. The third-order valence-electron chi connectivity index (χ3n) is 3.17. The lowest BCUT2D eigenvalue weighted by molar-refractivity contribution is 0.642. The SMILES string of the molecule is CCC[C@H](N)c1ccc(C)c2ccccc12.Cl. The Morgan fingerprint density at radius 3 is 2.35 bits per heavy atom. The average molecular weight is 250 g/mol. The first-order valence-corrected chi connectivity index (χ1v) is 5.98. The molecule has 2 rings (SSSR count). The van der Waals surface area contributed by atoms with E-state index in [1.165, 1.54) is 21.9 Å². The molecule has 1 atom stereocenters. The van der Waals surface area contributed by atoms with E-state index in [0.29, 0.717) is 0 Å². The van der Waals surface area contributed by atoms with E-state index in [1.54, 1.807) is 0 Å². The minimum Gasteiger partial charge on any atom is -0.324 e. The van der Waals surface area contributed by atoms with Crippen molar-refractivity contribution in [3.05, 3.63) is 47.5 Å². The van der Waals surface area contributed by atoms with Crippen LogP contribution in [0.1, 0.15) is 36.9 Å². The molecule has 0 saturated carbocycles. The van der Waals surface area contributed by atoms with Gasteiger partial charge in [-0.05, 0) is 35.2 Å². The van der Waals surface area contributed by atoms with E-state index in [9.17, 15) is 0 Å². The van der Waals surface area contributed by atoms with Crippen LogP contribution in [-0.2, 0) is 0 Å². The molecule has 92 valence electrons. The number of halogens is 1. The van der Waals surface area contributed by atoms with Crippen LogP contribution < -0.4 is 5.73 Å². The van der Waals surface area contributed by atoms with E-state index in [-0.39, 0.29) is 18.4 Å². The largest absolute Gasteiger partial charge is 0.324 e. The fourth-order valence-corrected chi connectivity index (χ4v) is 2.26. The van der Waals surface area contributed by atoms with Gasteiger partial charge in [-0.3, -0.25) is 0 Å². The second-order valence-corrected chi connectivity index (χ2v) is 4.41. The maximum absolute atomic E-state index is 6.22. The van der Waals surface area contributed by atoms with Crippen LogP contribution >= 0.6 is 12.4 Å². The highest BCUT2D eigenvalue weighted by atomic mass is 35.5. The molecule has 0 heterocycles. The Kier molecular flexibility index (Phi) is 4.98. The molecular weight excluding hydrogens is 230 g/mol. The summed E-state index contributed by atoms with van der Waals surface area (Å²) >= 11 is 0. The van der Waals surface area contributed by atoms with Crippen LogP contribution in [-0.4, -0.2) is 0 Å². The molecule has 0 amide bonds. The zero-order valence-electron chi connectivity index (χ0n) is 10.4. The van der Waals surface area contributed by atoms with Gasteiger partial charge in [0.05, 0.1) is 0 Å². The molecule has 0 aliphatic carbocycles. The van der Waals surface area contributed by atoms with Crippen molar-refractivity contribution < 1.29 is 0 Å². The van der Waals surface area contributed by atoms with E-state index in [4.69, 9.17) is 5.73 Å². The fraction of sp³-hybridized carbons (Fsp3) is 0.333. The quantitative estimate of drug-likeness (QED) is 0.859. The minimum absolute atomic E-state index is 0. The van der Waals surface area contributed by atoms with Crippen LogP contribution in [0.2, 0.25) is 0 Å². The van der Waals surface area contributed by atoms with Gasteiger partial charge in [0.25, 0.3) is 0 Å². The summed E-state index contributed by atoms with van der Waals surface area (Å²) in [6.45, 7) is 4.33. The zero-order valence-corrected chi connectivity index (χ0v) is 11.3. The second kappa shape index (κ2) is 6.04. The van der Waals surface area contributed by atoms with Gasteiger partial charge >= 0.3 is 0 Å². The number of hydrogen-bond acceptors (Lipinski definition) is 1. The number of aryl methyl sites for hydroxylation is 1. The van der Waals surface area contributed by atoms with E-state index in [1.807, 2.05) is 0 Å². The summed E-state index contributed by atoms with van der Waals surface area (Å²) < 4.78 is 0. The Hall–Kier alpha value is -1.05. The van der Waals surface area contributed by atoms with Gasteiger partial charge in [-0.15, -0.1) is 12.4 Å². The molecule has 0 spiro atoms. The number of benzene rings is 2. The Labute approximate surface area is 109 Å². The first-order chi connectivity index (χ1) is 7.74. The first kappa shape index (κ1) is 14.0. The van der Waals surface area contributed by atoms with Crippen LogP contribution in [0.25, 0.3) is 10.8 Å². The van der Waals surface area contributed by atoms with Gasteiger partial charge in [0, 0.05) is 6.04 Å². The van der Waals surface area contributed by atoms with Gasteiger partial charge in [-0.2, -0.15) is 0 Å². The minimum atomic E-state index is 0. The highest BCUT2D eigenvalue weighted by Crippen LogP contribution is 2.27. The van der Waals surface area contributed by atoms with Crippen molar-refractivity contribution in [2.24, 2.45) is 5.73 Å². The standard InChI is InChI=1S/C15H19N.ClH/c1-3-6-15(16)14-10-9-11(2)12-7-4-5-8-13(12)14;/h4-5,7-10,15H,3,6,16H2,1-2H3;1H/t15-;/m0./s1. The maximum Gasteiger partial charge on any atom is 0.0300 e. The van der Waals surface area contributed by atoms with Crippen LogP contribution in [0.5, 0.6) is 0 Å². The molecule has 0 aromatic heterocycles. The molecule has 0 fully saturated rings. The second-order valence-electron chi connectivity index (χ2n) is 4.41. The normalized spacial score (nSPS) is 12.2.